The van der Waals surface area contributed by atoms with Crippen molar-refractivity contribution >= 4 is 5.71 Å². The fourth-order valence-corrected chi connectivity index (χ4v) is 0.993. The van der Waals surface area contributed by atoms with E-state index in [-0.39, 0.29) is 0 Å². The third kappa shape index (κ3) is 2.06. The summed E-state index contributed by atoms with van der Waals surface area (Å²) >= 11 is 0. The van der Waals surface area contributed by atoms with Gasteiger partial charge in [0.25, 0.3) is 0 Å². The van der Waals surface area contributed by atoms with Crippen molar-refractivity contribution in [1.29, 1.82) is 5.26 Å². The van der Waals surface area contributed by atoms with Gasteiger partial charge in [-0.3, -0.25) is 4.99 Å². The minimum Gasteiger partial charge on any atom is -0.497 e. The lowest BCUT2D eigenvalue weighted by molar-refractivity contribution is 0.415. The molecule has 0 fully saturated rings. The number of rotatable bonds is 2. The van der Waals surface area contributed by atoms with Crippen molar-refractivity contribution in [3.05, 3.63) is 29.8 Å². The molecule has 0 spiro atoms. The van der Waals surface area contributed by atoms with Gasteiger partial charge in [-0.05, 0) is 24.3 Å². The van der Waals surface area contributed by atoms with Crippen molar-refractivity contribution in [2.75, 3.05) is 14.2 Å². The summed E-state index contributed by atoms with van der Waals surface area (Å²) in [6, 6.07) is 9.24. The second-order valence-electron chi connectivity index (χ2n) is 2.41. The molecule has 0 saturated heterocycles. The summed E-state index contributed by atoms with van der Waals surface area (Å²) in [5.41, 5.74) is 1.24. The Hall–Kier alpha value is -1.82. The molecule has 0 unspecified atom stereocenters. The number of benzene rings is 1. The summed E-state index contributed by atoms with van der Waals surface area (Å²) in [6.07, 6.45) is 0. The smallest absolute Gasteiger partial charge is 0.142 e. The second kappa shape index (κ2) is 4.27. The molecule has 0 aliphatic rings. The van der Waals surface area contributed by atoms with Crippen LogP contribution in [-0.4, -0.2) is 19.9 Å². The van der Waals surface area contributed by atoms with Gasteiger partial charge in [0.1, 0.15) is 17.5 Å². The maximum atomic E-state index is 8.69. The van der Waals surface area contributed by atoms with E-state index in [1.165, 1.54) is 0 Å². The van der Waals surface area contributed by atoms with Crippen LogP contribution < -0.4 is 4.74 Å². The topological polar surface area (TPSA) is 45.4 Å². The number of hydrogen-bond acceptors (Lipinski definition) is 3. The number of methoxy groups -OCH3 is 1. The zero-order valence-corrected chi connectivity index (χ0v) is 7.61. The van der Waals surface area contributed by atoms with Crippen LogP contribution in [0.4, 0.5) is 0 Å². The Balaban J connectivity index is 3.00. The van der Waals surface area contributed by atoms with Crippen LogP contribution in [0.15, 0.2) is 29.3 Å². The predicted molar refractivity (Wildman–Crippen MR) is 51.1 cm³/mol. The van der Waals surface area contributed by atoms with Gasteiger partial charge >= 0.3 is 0 Å². The highest BCUT2D eigenvalue weighted by Gasteiger charge is 2.00. The van der Waals surface area contributed by atoms with Crippen LogP contribution in [0.5, 0.6) is 5.75 Å². The van der Waals surface area contributed by atoms with Gasteiger partial charge in [-0.15, -0.1) is 0 Å². The van der Waals surface area contributed by atoms with E-state index in [4.69, 9.17) is 10.00 Å². The molecule has 1 rings (SSSR count). The van der Waals surface area contributed by atoms with Crippen molar-refractivity contribution < 1.29 is 4.74 Å². The van der Waals surface area contributed by atoms with Crippen LogP contribution in [-0.2, 0) is 0 Å². The Morgan fingerprint density at radius 2 is 2.00 bits per heavy atom. The largest absolute Gasteiger partial charge is 0.497 e. The van der Waals surface area contributed by atoms with Gasteiger partial charge in [0.05, 0.1) is 7.11 Å². The predicted octanol–water partition coefficient (Wildman–Crippen LogP) is 1.64. The molecule has 0 bridgehead atoms. The molecule has 0 amide bonds. The molecule has 1 aromatic rings. The van der Waals surface area contributed by atoms with Gasteiger partial charge in [0.2, 0.25) is 0 Å². The Bertz CT molecular complexity index is 346. The van der Waals surface area contributed by atoms with Gasteiger partial charge in [0.15, 0.2) is 0 Å². The number of hydrogen-bond donors (Lipinski definition) is 0. The number of ether oxygens (including phenoxy) is 1. The minimum absolute atomic E-state index is 0.433. The van der Waals surface area contributed by atoms with E-state index >= 15 is 0 Å². The second-order valence-corrected chi connectivity index (χ2v) is 2.41. The Kier molecular flexibility index (Phi) is 3.04. The first-order valence-electron chi connectivity index (χ1n) is 3.83. The zero-order valence-electron chi connectivity index (χ0n) is 7.61. The first kappa shape index (κ1) is 9.27. The van der Waals surface area contributed by atoms with Crippen molar-refractivity contribution in [3.8, 4) is 11.8 Å². The number of aliphatic imine (C=N–C) groups is 1. The summed E-state index contributed by atoms with van der Waals surface area (Å²) in [7, 11) is 3.21. The minimum atomic E-state index is 0.433. The van der Waals surface area contributed by atoms with E-state index in [9.17, 15) is 0 Å². The lowest BCUT2D eigenvalue weighted by Gasteiger charge is -2.00. The molecule has 0 heterocycles. The highest BCUT2D eigenvalue weighted by Crippen LogP contribution is 2.11. The van der Waals surface area contributed by atoms with Gasteiger partial charge < -0.3 is 4.74 Å². The van der Waals surface area contributed by atoms with Crippen LogP contribution in [0.3, 0.4) is 0 Å². The lowest BCUT2D eigenvalue weighted by Crippen LogP contribution is -1.96. The van der Waals surface area contributed by atoms with E-state index in [0.717, 1.165) is 11.3 Å². The molecule has 0 N–H and O–H groups in total. The highest BCUT2D eigenvalue weighted by atomic mass is 16.5. The van der Waals surface area contributed by atoms with E-state index in [2.05, 4.69) is 4.99 Å². The standard InChI is InChI=1S/C10H10N2O/c1-12-10(7-11)8-3-5-9(13-2)6-4-8/h3-6H,1-2H3/b12-10+. The fourth-order valence-electron chi connectivity index (χ4n) is 0.993. The average molecular weight is 174 g/mol. The Labute approximate surface area is 77.3 Å². The first-order chi connectivity index (χ1) is 6.31. The maximum absolute atomic E-state index is 8.69. The van der Waals surface area contributed by atoms with Gasteiger partial charge in [-0.1, -0.05) is 0 Å². The van der Waals surface area contributed by atoms with Crippen LogP contribution in [0.25, 0.3) is 0 Å². The molecule has 3 nitrogen and oxygen atoms in total. The zero-order chi connectivity index (χ0) is 9.68. The molecule has 0 aliphatic heterocycles. The Morgan fingerprint density at radius 3 is 2.38 bits per heavy atom. The molecule has 0 aliphatic carbocycles. The van der Waals surface area contributed by atoms with E-state index < -0.39 is 0 Å². The molecule has 0 saturated carbocycles. The quantitative estimate of drug-likeness (QED) is 0.640. The molecule has 0 radical (unpaired) electrons. The molecule has 0 atom stereocenters. The lowest BCUT2D eigenvalue weighted by atomic mass is 10.1. The number of nitriles is 1. The third-order valence-electron chi connectivity index (χ3n) is 1.69. The van der Waals surface area contributed by atoms with E-state index in [0.29, 0.717) is 5.71 Å². The van der Waals surface area contributed by atoms with Crippen molar-refractivity contribution in [1.82, 2.24) is 0 Å². The molecular weight excluding hydrogens is 164 g/mol. The molecule has 1 aromatic carbocycles. The number of nitrogens with zero attached hydrogens (tertiary/aromatic N) is 2. The monoisotopic (exact) mass is 174 g/mol. The summed E-state index contributed by atoms with van der Waals surface area (Å²) in [5.74, 6) is 0.775. The first-order valence-corrected chi connectivity index (χ1v) is 3.83. The van der Waals surface area contributed by atoms with Gasteiger partial charge in [-0.25, -0.2) is 0 Å². The van der Waals surface area contributed by atoms with Crippen LogP contribution in [0.1, 0.15) is 5.56 Å². The normalized spacial score (nSPS) is 10.7. The molecule has 0 aromatic heterocycles. The maximum Gasteiger partial charge on any atom is 0.142 e. The highest BCUT2D eigenvalue weighted by molar-refractivity contribution is 6.11. The third-order valence-corrected chi connectivity index (χ3v) is 1.69. The van der Waals surface area contributed by atoms with Gasteiger partial charge in [-0.2, -0.15) is 5.26 Å². The fraction of sp³-hybridized carbons (Fsp3) is 0.200. The molecular formula is C10H10N2O. The van der Waals surface area contributed by atoms with Crippen molar-refractivity contribution in [2.45, 2.75) is 0 Å². The van der Waals surface area contributed by atoms with Gasteiger partial charge in [0, 0.05) is 12.6 Å². The summed E-state index contributed by atoms with van der Waals surface area (Å²) in [6.45, 7) is 0. The van der Waals surface area contributed by atoms with Crippen molar-refractivity contribution in [3.63, 3.8) is 0 Å². The van der Waals surface area contributed by atoms with E-state index in [1.54, 1.807) is 26.3 Å². The Morgan fingerprint density at radius 1 is 1.38 bits per heavy atom. The summed E-state index contributed by atoms with van der Waals surface area (Å²) in [5, 5.41) is 8.69. The van der Waals surface area contributed by atoms with Crippen LogP contribution in [0, 0.1) is 11.3 Å². The SMILES string of the molecule is C/N=C(\C#N)c1ccc(OC)cc1. The molecule has 13 heavy (non-hydrogen) atoms. The van der Waals surface area contributed by atoms with Crippen LogP contribution >= 0.6 is 0 Å². The van der Waals surface area contributed by atoms with E-state index in [1.807, 2.05) is 18.2 Å². The van der Waals surface area contributed by atoms with Crippen molar-refractivity contribution in [2.24, 2.45) is 4.99 Å². The average Bonchev–Trinajstić information content (AvgIpc) is 2.21. The summed E-state index contributed by atoms with van der Waals surface area (Å²) in [4.78, 5) is 3.85. The molecule has 66 valence electrons. The molecule has 3 heteroatoms. The van der Waals surface area contributed by atoms with Crippen LogP contribution in [0.2, 0.25) is 0 Å². The summed E-state index contributed by atoms with van der Waals surface area (Å²) < 4.78 is 4.99.